The molecular weight excluding hydrogens is 284 g/mol. The number of hydrogen-bond donors (Lipinski definition) is 0. The number of benzene rings is 1. The standard InChI is InChI=1S/C13H9ClN2O4/c1-20-13(17)10(8-15)4-2-3-9-7-11(16(18)19)5-6-12(9)14/h2-7H,1H3. The number of halogens is 1. The Labute approximate surface area is 119 Å². The summed E-state index contributed by atoms with van der Waals surface area (Å²) in [4.78, 5) is 21.2. The second-order valence-corrected chi connectivity index (χ2v) is 3.91. The van der Waals surface area contributed by atoms with Gasteiger partial charge in [0.1, 0.15) is 11.6 Å². The van der Waals surface area contributed by atoms with Crippen LogP contribution in [-0.2, 0) is 9.53 Å². The van der Waals surface area contributed by atoms with E-state index in [2.05, 4.69) is 4.74 Å². The number of methoxy groups -OCH3 is 1. The lowest BCUT2D eigenvalue weighted by molar-refractivity contribution is -0.384. The molecule has 0 amide bonds. The first-order valence-electron chi connectivity index (χ1n) is 5.30. The third kappa shape index (κ3) is 3.93. The van der Waals surface area contributed by atoms with Crippen LogP contribution in [-0.4, -0.2) is 18.0 Å². The van der Waals surface area contributed by atoms with Crippen LogP contribution in [0, 0.1) is 21.4 Å². The monoisotopic (exact) mass is 292 g/mol. The predicted molar refractivity (Wildman–Crippen MR) is 72.9 cm³/mol. The van der Waals surface area contributed by atoms with Crippen LogP contribution in [0.25, 0.3) is 6.08 Å². The maximum atomic E-state index is 11.1. The molecule has 102 valence electrons. The third-order valence-electron chi connectivity index (χ3n) is 2.25. The zero-order valence-electron chi connectivity index (χ0n) is 10.4. The van der Waals surface area contributed by atoms with Gasteiger partial charge >= 0.3 is 5.97 Å². The second kappa shape index (κ2) is 7.07. The summed E-state index contributed by atoms with van der Waals surface area (Å²) in [7, 11) is 1.16. The molecule has 0 aliphatic heterocycles. The number of rotatable bonds is 4. The minimum Gasteiger partial charge on any atom is -0.465 e. The molecule has 0 atom stereocenters. The van der Waals surface area contributed by atoms with Gasteiger partial charge in [0.25, 0.3) is 5.69 Å². The van der Waals surface area contributed by atoms with Crippen molar-refractivity contribution in [2.45, 2.75) is 0 Å². The first-order chi connectivity index (χ1) is 9.49. The Hall–Kier alpha value is -2.65. The molecule has 0 fully saturated rings. The van der Waals surface area contributed by atoms with E-state index in [1.807, 2.05) is 0 Å². The van der Waals surface area contributed by atoms with Gasteiger partial charge in [0.05, 0.1) is 12.0 Å². The van der Waals surface area contributed by atoms with Crippen LogP contribution in [0.4, 0.5) is 5.69 Å². The molecule has 0 aliphatic carbocycles. The highest BCUT2D eigenvalue weighted by Gasteiger charge is 2.08. The molecule has 0 saturated heterocycles. The molecular formula is C13H9ClN2O4. The average molecular weight is 293 g/mol. The predicted octanol–water partition coefficient (Wildman–Crippen LogP) is 2.88. The topological polar surface area (TPSA) is 93.2 Å². The minimum atomic E-state index is -0.762. The van der Waals surface area contributed by atoms with E-state index in [4.69, 9.17) is 16.9 Å². The van der Waals surface area contributed by atoms with Crippen LogP contribution in [0.5, 0.6) is 0 Å². The summed E-state index contributed by atoms with van der Waals surface area (Å²) in [6, 6.07) is 5.65. The Morgan fingerprint density at radius 3 is 2.80 bits per heavy atom. The van der Waals surface area contributed by atoms with Crippen molar-refractivity contribution in [3.05, 3.63) is 56.6 Å². The number of carbonyl (C=O) groups excluding carboxylic acids is 1. The molecule has 0 saturated carbocycles. The van der Waals surface area contributed by atoms with E-state index in [0.717, 1.165) is 7.11 Å². The molecule has 0 bridgehead atoms. The summed E-state index contributed by atoms with van der Waals surface area (Å²) < 4.78 is 4.40. The van der Waals surface area contributed by atoms with Gasteiger partial charge in [0.2, 0.25) is 0 Å². The molecule has 0 heterocycles. The molecule has 0 spiro atoms. The van der Waals surface area contributed by atoms with Gasteiger partial charge in [-0.05, 0) is 17.7 Å². The highest BCUT2D eigenvalue weighted by atomic mass is 35.5. The summed E-state index contributed by atoms with van der Waals surface area (Å²) in [6.07, 6.45) is 4.08. The molecule has 1 rings (SSSR count). The van der Waals surface area contributed by atoms with Crippen molar-refractivity contribution in [2.24, 2.45) is 0 Å². The second-order valence-electron chi connectivity index (χ2n) is 3.51. The van der Waals surface area contributed by atoms with Crippen molar-refractivity contribution in [3.63, 3.8) is 0 Å². The normalized spacial score (nSPS) is 11.2. The van der Waals surface area contributed by atoms with Gasteiger partial charge in [-0.15, -0.1) is 0 Å². The van der Waals surface area contributed by atoms with Crippen molar-refractivity contribution in [2.75, 3.05) is 7.11 Å². The van der Waals surface area contributed by atoms with Gasteiger partial charge in [-0.25, -0.2) is 4.79 Å². The van der Waals surface area contributed by atoms with Crippen LogP contribution in [0.15, 0.2) is 35.9 Å². The fraction of sp³-hybridized carbons (Fsp3) is 0.0769. The number of hydrogen-bond acceptors (Lipinski definition) is 5. The van der Waals surface area contributed by atoms with E-state index >= 15 is 0 Å². The van der Waals surface area contributed by atoms with Gasteiger partial charge in [0.15, 0.2) is 0 Å². The molecule has 0 N–H and O–H groups in total. The van der Waals surface area contributed by atoms with Crippen molar-refractivity contribution >= 4 is 29.3 Å². The number of ether oxygens (including phenoxy) is 1. The van der Waals surface area contributed by atoms with Crippen molar-refractivity contribution in [1.82, 2.24) is 0 Å². The van der Waals surface area contributed by atoms with Crippen LogP contribution in [0.1, 0.15) is 5.56 Å². The number of nitriles is 1. The smallest absolute Gasteiger partial charge is 0.348 e. The zero-order chi connectivity index (χ0) is 15.1. The molecule has 0 radical (unpaired) electrons. The van der Waals surface area contributed by atoms with Crippen LogP contribution >= 0.6 is 11.6 Å². The molecule has 0 aromatic heterocycles. The highest BCUT2D eigenvalue weighted by molar-refractivity contribution is 6.32. The third-order valence-corrected chi connectivity index (χ3v) is 2.60. The number of nitro groups is 1. The minimum absolute atomic E-state index is 0.105. The van der Waals surface area contributed by atoms with Gasteiger partial charge in [-0.2, -0.15) is 5.26 Å². The van der Waals surface area contributed by atoms with E-state index in [0.29, 0.717) is 10.6 Å². The van der Waals surface area contributed by atoms with Gasteiger partial charge < -0.3 is 4.74 Å². The molecule has 7 heteroatoms. The summed E-state index contributed by atoms with van der Waals surface area (Å²) in [5, 5.41) is 19.7. The Morgan fingerprint density at radius 1 is 1.55 bits per heavy atom. The Morgan fingerprint density at radius 2 is 2.25 bits per heavy atom. The van der Waals surface area contributed by atoms with Gasteiger partial charge in [0, 0.05) is 17.2 Å². The SMILES string of the molecule is COC(=O)C(C#N)=CC=Cc1cc([N+](=O)[O-])ccc1Cl. The van der Waals surface area contributed by atoms with Crippen molar-refractivity contribution in [1.29, 1.82) is 5.26 Å². The Bertz CT molecular complexity index is 644. The number of nitrogens with zero attached hydrogens (tertiary/aromatic N) is 2. The maximum absolute atomic E-state index is 11.1. The number of nitro benzene ring substituents is 1. The zero-order valence-corrected chi connectivity index (χ0v) is 11.1. The van der Waals surface area contributed by atoms with Crippen LogP contribution < -0.4 is 0 Å². The summed E-state index contributed by atoms with van der Waals surface area (Å²) in [5.74, 6) is -0.762. The molecule has 0 aliphatic rings. The maximum Gasteiger partial charge on any atom is 0.348 e. The summed E-state index contributed by atoms with van der Waals surface area (Å²) in [5.41, 5.74) is 0.107. The number of non-ortho nitro benzene ring substituents is 1. The average Bonchev–Trinajstić information content (AvgIpc) is 2.44. The number of allylic oxidation sites excluding steroid dienone is 2. The van der Waals surface area contributed by atoms with E-state index in [9.17, 15) is 14.9 Å². The van der Waals surface area contributed by atoms with Crippen LogP contribution in [0.3, 0.4) is 0 Å². The molecule has 1 aromatic carbocycles. The highest BCUT2D eigenvalue weighted by Crippen LogP contribution is 2.23. The molecule has 0 unspecified atom stereocenters. The van der Waals surface area contributed by atoms with Crippen molar-refractivity contribution < 1.29 is 14.5 Å². The first kappa shape index (κ1) is 15.4. The fourth-order valence-corrected chi connectivity index (χ4v) is 1.46. The lowest BCUT2D eigenvalue weighted by atomic mass is 10.1. The fourth-order valence-electron chi connectivity index (χ4n) is 1.28. The Balaban J connectivity index is 3.04. The quantitative estimate of drug-likeness (QED) is 0.212. The summed E-state index contributed by atoms with van der Waals surface area (Å²) in [6.45, 7) is 0. The van der Waals surface area contributed by atoms with E-state index in [-0.39, 0.29) is 11.3 Å². The van der Waals surface area contributed by atoms with Crippen LogP contribution in [0.2, 0.25) is 5.02 Å². The van der Waals surface area contributed by atoms with E-state index in [1.165, 1.54) is 36.4 Å². The lowest BCUT2D eigenvalue weighted by Gasteiger charge is -1.98. The summed E-state index contributed by atoms with van der Waals surface area (Å²) >= 11 is 5.89. The number of esters is 1. The van der Waals surface area contributed by atoms with Gasteiger partial charge in [-0.3, -0.25) is 10.1 Å². The number of carbonyl (C=O) groups is 1. The molecule has 6 nitrogen and oxygen atoms in total. The molecule has 1 aromatic rings. The van der Waals surface area contributed by atoms with E-state index in [1.54, 1.807) is 6.07 Å². The first-order valence-corrected chi connectivity index (χ1v) is 5.68. The Kier molecular flexibility index (Phi) is 5.44. The lowest BCUT2D eigenvalue weighted by Crippen LogP contribution is -2.02. The van der Waals surface area contributed by atoms with Gasteiger partial charge in [-0.1, -0.05) is 23.8 Å². The molecule has 20 heavy (non-hydrogen) atoms. The largest absolute Gasteiger partial charge is 0.465 e. The van der Waals surface area contributed by atoms with Crippen molar-refractivity contribution in [3.8, 4) is 6.07 Å². The van der Waals surface area contributed by atoms with E-state index < -0.39 is 10.9 Å².